The number of esters is 1. The van der Waals surface area contributed by atoms with Gasteiger partial charge in [0.25, 0.3) is 0 Å². The highest BCUT2D eigenvalue weighted by molar-refractivity contribution is 7.34. The lowest BCUT2D eigenvalue weighted by Gasteiger charge is -2.20. The zero-order chi connectivity index (χ0) is 24.9. The number of ether oxygens (including phenoxy) is 1. The van der Waals surface area contributed by atoms with Crippen LogP contribution in [0.4, 0.5) is 4.39 Å². The zero-order valence-electron chi connectivity index (χ0n) is 19.2. The van der Waals surface area contributed by atoms with Crippen molar-refractivity contribution in [3.63, 3.8) is 0 Å². The van der Waals surface area contributed by atoms with Gasteiger partial charge in [-0.25, -0.2) is 4.39 Å². The van der Waals surface area contributed by atoms with Crippen LogP contribution in [0.1, 0.15) is 42.4 Å². The SMILES string of the molecule is CC(F)(POc1ccccc1)c1ccc2sc(C=O)cc2c1.CCCOC(=O)C(C)N.CO. The fourth-order valence-electron chi connectivity index (χ4n) is 2.45. The van der Waals surface area contributed by atoms with E-state index in [2.05, 4.69) is 4.74 Å². The van der Waals surface area contributed by atoms with Crippen molar-refractivity contribution in [1.82, 2.24) is 0 Å². The van der Waals surface area contributed by atoms with Crippen LogP contribution in [0, 0.1) is 0 Å². The molecule has 0 aliphatic heterocycles. The summed E-state index contributed by atoms with van der Waals surface area (Å²) in [6.45, 7) is 5.54. The molecule has 3 N–H and O–H groups in total. The predicted octanol–water partition coefficient (Wildman–Crippen LogP) is 5.42. The molecule has 180 valence electrons. The number of aldehydes is 1. The number of aliphatic hydroxyl groups is 1. The summed E-state index contributed by atoms with van der Waals surface area (Å²) in [5, 5.41) is 6.31. The van der Waals surface area contributed by atoms with Crippen LogP contribution in [-0.2, 0) is 14.9 Å². The Kier molecular flexibility index (Phi) is 12.8. The standard InChI is InChI=1S/C17H14FO2PS.C6H13NO2.CH4O/c1-17(18,21-20-14-5-3-2-4-6-14)13-7-8-16-12(9-13)10-15(11-19)22-16;1-3-4-9-6(8)5(2)7;1-2/h2-11,21H,1H3;5H,3-4,7H2,1-2H3;2H,1H3. The predicted molar refractivity (Wildman–Crippen MR) is 134 cm³/mol. The van der Waals surface area contributed by atoms with Gasteiger partial charge in [0, 0.05) is 11.8 Å². The molecule has 0 spiro atoms. The highest BCUT2D eigenvalue weighted by atomic mass is 32.1. The van der Waals surface area contributed by atoms with Crippen molar-refractivity contribution in [2.75, 3.05) is 13.7 Å². The van der Waals surface area contributed by atoms with Crippen LogP contribution in [0.15, 0.2) is 54.6 Å². The number of alkyl halides is 1. The number of benzene rings is 2. The van der Waals surface area contributed by atoms with E-state index >= 15 is 0 Å². The summed E-state index contributed by atoms with van der Waals surface area (Å²) in [5.41, 5.74) is 5.76. The monoisotopic (exact) mass is 495 g/mol. The molecule has 2 aromatic carbocycles. The van der Waals surface area contributed by atoms with Gasteiger partial charge in [0.1, 0.15) is 20.6 Å². The molecule has 3 atom stereocenters. The number of fused-ring (bicyclic) bond motifs is 1. The first-order chi connectivity index (χ1) is 15.8. The molecule has 3 rings (SSSR count). The number of thiophene rings is 1. The van der Waals surface area contributed by atoms with Gasteiger partial charge in [0.15, 0.2) is 11.7 Å². The highest BCUT2D eigenvalue weighted by Crippen LogP contribution is 2.44. The van der Waals surface area contributed by atoms with E-state index in [1.165, 1.54) is 18.3 Å². The minimum absolute atomic E-state index is 0.322. The van der Waals surface area contributed by atoms with Crippen molar-refractivity contribution in [2.24, 2.45) is 5.73 Å². The highest BCUT2D eigenvalue weighted by Gasteiger charge is 2.28. The Hall–Kier alpha value is -2.38. The van der Waals surface area contributed by atoms with Gasteiger partial charge in [-0.05, 0) is 61.5 Å². The van der Waals surface area contributed by atoms with Gasteiger partial charge < -0.3 is 20.1 Å². The van der Waals surface area contributed by atoms with Crippen molar-refractivity contribution in [3.8, 4) is 5.75 Å². The number of carbonyl (C=O) groups excluding carboxylic acids is 2. The molecule has 0 amide bonds. The molecule has 1 heterocycles. The number of carbonyl (C=O) groups is 2. The van der Waals surface area contributed by atoms with Crippen LogP contribution in [0.5, 0.6) is 5.75 Å². The summed E-state index contributed by atoms with van der Waals surface area (Å²) in [5.74, 6) is 0.335. The number of halogens is 1. The van der Waals surface area contributed by atoms with Crippen molar-refractivity contribution in [3.05, 3.63) is 65.0 Å². The molecular weight excluding hydrogens is 464 g/mol. The van der Waals surface area contributed by atoms with Gasteiger partial charge in [0.05, 0.1) is 11.5 Å². The molecule has 0 aliphatic rings. The summed E-state index contributed by atoms with van der Waals surface area (Å²) in [4.78, 5) is 22.0. The molecule has 0 fully saturated rings. The van der Waals surface area contributed by atoms with E-state index in [4.69, 9.17) is 15.4 Å². The average molecular weight is 496 g/mol. The van der Waals surface area contributed by atoms with Crippen LogP contribution in [0.25, 0.3) is 10.1 Å². The van der Waals surface area contributed by atoms with E-state index in [1.54, 1.807) is 25.1 Å². The van der Waals surface area contributed by atoms with E-state index in [9.17, 15) is 14.0 Å². The molecule has 1 aromatic heterocycles. The molecule has 0 saturated heterocycles. The minimum atomic E-state index is -1.58. The third-order valence-corrected chi connectivity index (χ3v) is 6.17. The Morgan fingerprint density at radius 1 is 1.24 bits per heavy atom. The van der Waals surface area contributed by atoms with Crippen LogP contribution in [-0.4, -0.2) is 37.1 Å². The van der Waals surface area contributed by atoms with Gasteiger partial charge in [0.2, 0.25) is 0 Å². The lowest BCUT2D eigenvalue weighted by molar-refractivity contribution is -0.144. The summed E-state index contributed by atoms with van der Waals surface area (Å²) in [6, 6.07) is 15.9. The maximum atomic E-state index is 14.9. The van der Waals surface area contributed by atoms with Crippen molar-refractivity contribution >= 4 is 42.5 Å². The van der Waals surface area contributed by atoms with Crippen molar-refractivity contribution < 1.29 is 28.3 Å². The molecule has 6 nitrogen and oxygen atoms in total. The molecule has 0 saturated carbocycles. The number of aliphatic hydroxyl groups excluding tert-OH is 1. The molecule has 3 aromatic rings. The summed E-state index contributed by atoms with van der Waals surface area (Å²) in [6.07, 6.45) is 1.66. The van der Waals surface area contributed by atoms with Gasteiger partial charge >= 0.3 is 5.97 Å². The van der Waals surface area contributed by atoms with Gasteiger partial charge in [-0.1, -0.05) is 31.2 Å². The van der Waals surface area contributed by atoms with E-state index in [0.717, 1.165) is 29.9 Å². The average Bonchev–Trinajstić information content (AvgIpc) is 3.26. The first-order valence-electron chi connectivity index (χ1n) is 10.3. The van der Waals surface area contributed by atoms with E-state index in [1.807, 2.05) is 43.3 Å². The van der Waals surface area contributed by atoms with Crippen LogP contribution in [0.3, 0.4) is 0 Å². The smallest absolute Gasteiger partial charge is 0.322 e. The number of nitrogens with two attached hydrogens (primary N) is 1. The van der Waals surface area contributed by atoms with Gasteiger partial charge in [-0.3, -0.25) is 9.59 Å². The second-order valence-corrected chi connectivity index (χ2v) is 9.46. The Labute approximate surface area is 199 Å². The van der Waals surface area contributed by atoms with Crippen LogP contribution >= 0.6 is 20.1 Å². The Bertz CT molecular complexity index is 995. The lowest BCUT2D eigenvalue weighted by Crippen LogP contribution is -2.28. The minimum Gasteiger partial charge on any atom is -0.474 e. The fraction of sp³-hybridized carbons (Fsp3) is 0.333. The Morgan fingerprint density at radius 2 is 1.91 bits per heavy atom. The van der Waals surface area contributed by atoms with E-state index in [0.29, 0.717) is 22.8 Å². The molecule has 0 aliphatic carbocycles. The second-order valence-electron chi connectivity index (χ2n) is 7.00. The third kappa shape index (κ3) is 9.56. The third-order valence-electron chi connectivity index (χ3n) is 4.12. The molecule has 9 heteroatoms. The molecular formula is C24H31FNO5PS. The molecule has 0 radical (unpaired) electrons. The Balaban J connectivity index is 0.000000420. The molecule has 3 unspecified atom stereocenters. The summed E-state index contributed by atoms with van der Waals surface area (Å²) < 4.78 is 26.2. The van der Waals surface area contributed by atoms with Crippen molar-refractivity contribution in [2.45, 2.75) is 38.6 Å². The summed E-state index contributed by atoms with van der Waals surface area (Å²) in [7, 11) is 0.659. The first kappa shape index (κ1) is 28.7. The fourth-order valence-corrected chi connectivity index (χ4v) is 4.03. The van der Waals surface area contributed by atoms with Gasteiger partial charge in [-0.15, -0.1) is 11.3 Å². The van der Waals surface area contributed by atoms with E-state index < -0.39 is 11.5 Å². The number of hydrogen-bond acceptors (Lipinski definition) is 7. The number of para-hydroxylation sites is 1. The lowest BCUT2D eigenvalue weighted by atomic mass is 10.1. The summed E-state index contributed by atoms with van der Waals surface area (Å²) >= 11 is 1.41. The zero-order valence-corrected chi connectivity index (χ0v) is 21.0. The first-order valence-corrected chi connectivity index (χ1v) is 12.0. The number of hydrogen-bond donors (Lipinski definition) is 2. The Morgan fingerprint density at radius 3 is 2.48 bits per heavy atom. The number of rotatable bonds is 8. The molecule has 0 bridgehead atoms. The van der Waals surface area contributed by atoms with Crippen LogP contribution in [0.2, 0.25) is 0 Å². The largest absolute Gasteiger partial charge is 0.474 e. The maximum absolute atomic E-state index is 14.9. The van der Waals surface area contributed by atoms with E-state index in [-0.39, 0.29) is 14.8 Å². The normalized spacial score (nSPS) is 13.2. The topological polar surface area (TPSA) is 98.9 Å². The maximum Gasteiger partial charge on any atom is 0.322 e. The quantitative estimate of drug-likeness (QED) is 0.246. The second kappa shape index (κ2) is 14.7. The molecule has 33 heavy (non-hydrogen) atoms. The van der Waals surface area contributed by atoms with Gasteiger partial charge in [-0.2, -0.15) is 0 Å². The van der Waals surface area contributed by atoms with Crippen molar-refractivity contribution in [1.29, 1.82) is 0 Å². The van der Waals surface area contributed by atoms with Crippen LogP contribution < -0.4 is 10.3 Å².